The van der Waals surface area contributed by atoms with Gasteiger partial charge in [0.05, 0.1) is 0 Å². The van der Waals surface area contributed by atoms with Crippen LogP contribution in [0.5, 0.6) is 11.6 Å². The summed E-state index contributed by atoms with van der Waals surface area (Å²) in [5, 5.41) is 9.03. The Balaban J connectivity index is 3.25. The number of pyridine rings is 1. The van der Waals surface area contributed by atoms with Crippen LogP contribution in [0.3, 0.4) is 0 Å². The van der Waals surface area contributed by atoms with Crippen LogP contribution in [-0.4, -0.2) is 16.5 Å². The first kappa shape index (κ1) is 14.1. The van der Waals surface area contributed by atoms with Crippen LogP contribution >= 0.6 is 22.6 Å². The van der Waals surface area contributed by atoms with Crippen molar-refractivity contribution in [3.63, 3.8) is 0 Å². The molecule has 0 radical (unpaired) electrons. The highest BCUT2D eigenvalue weighted by Gasteiger charge is 2.38. The van der Waals surface area contributed by atoms with Crippen LogP contribution in [0.15, 0.2) is 6.07 Å². The van der Waals surface area contributed by atoms with E-state index >= 15 is 0 Å². The topological polar surface area (TPSA) is 42.4 Å². The van der Waals surface area contributed by atoms with Gasteiger partial charge >= 0.3 is 12.5 Å². The highest BCUT2D eigenvalue weighted by molar-refractivity contribution is 14.1. The molecule has 0 fully saturated rings. The molecule has 0 aliphatic carbocycles. The summed E-state index contributed by atoms with van der Waals surface area (Å²) < 4.78 is 74.9. The van der Waals surface area contributed by atoms with Gasteiger partial charge in [-0.25, -0.2) is 4.98 Å². The second-order valence-electron chi connectivity index (χ2n) is 2.69. The number of hydrogen-bond acceptors (Lipinski definition) is 3. The van der Waals surface area contributed by atoms with Crippen molar-refractivity contribution < 1.29 is 36.2 Å². The van der Waals surface area contributed by atoms with Gasteiger partial charge in [-0.3, -0.25) is 0 Å². The molecular weight excluding hydrogens is 371 g/mol. The lowest BCUT2D eigenvalue weighted by atomic mass is 10.2. The predicted octanol–water partition coefficient (Wildman–Crippen LogP) is 3.31. The van der Waals surface area contributed by atoms with Gasteiger partial charge < -0.3 is 9.84 Å². The molecule has 0 amide bonds. The van der Waals surface area contributed by atoms with Crippen molar-refractivity contribution in [3.05, 3.63) is 15.3 Å². The van der Waals surface area contributed by atoms with Crippen molar-refractivity contribution in [2.75, 3.05) is 0 Å². The maximum absolute atomic E-state index is 12.3. The van der Waals surface area contributed by atoms with E-state index in [-0.39, 0.29) is 6.07 Å². The molecule has 0 saturated heterocycles. The average Bonchev–Trinajstić information content (AvgIpc) is 2.06. The zero-order valence-electron chi connectivity index (χ0n) is 7.53. The lowest BCUT2D eigenvalue weighted by molar-refractivity contribution is -0.276. The van der Waals surface area contributed by atoms with E-state index in [0.29, 0.717) is 0 Å². The van der Waals surface area contributed by atoms with E-state index in [1.165, 1.54) is 0 Å². The van der Waals surface area contributed by atoms with Crippen LogP contribution in [0.4, 0.5) is 26.3 Å². The second kappa shape index (κ2) is 4.38. The van der Waals surface area contributed by atoms with E-state index in [1.54, 1.807) is 0 Å². The Hall–Kier alpha value is -0.940. The normalized spacial score (nSPS) is 12.6. The molecule has 1 rings (SSSR count). The Labute approximate surface area is 104 Å². The van der Waals surface area contributed by atoms with E-state index in [4.69, 9.17) is 5.11 Å². The van der Waals surface area contributed by atoms with E-state index in [9.17, 15) is 26.3 Å². The molecule has 0 unspecified atom stereocenters. The molecule has 0 saturated carbocycles. The largest absolute Gasteiger partial charge is 0.574 e. The Morgan fingerprint density at radius 3 is 2.12 bits per heavy atom. The third-order valence-corrected chi connectivity index (χ3v) is 2.20. The zero-order chi connectivity index (χ0) is 13.4. The summed E-state index contributed by atoms with van der Waals surface area (Å²) in [6.07, 6.45) is -10.2. The molecule has 17 heavy (non-hydrogen) atoms. The zero-order valence-corrected chi connectivity index (χ0v) is 9.68. The van der Waals surface area contributed by atoms with Crippen LogP contribution in [0.25, 0.3) is 0 Å². The minimum absolute atomic E-state index is 0.0228. The number of ether oxygens (including phenoxy) is 1. The van der Waals surface area contributed by atoms with Gasteiger partial charge in [-0.2, -0.15) is 13.2 Å². The fourth-order valence-electron chi connectivity index (χ4n) is 0.872. The first-order chi connectivity index (χ1) is 7.50. The van der Waals surface area contributed by atoms with E-state index in [2.05, 4.69) is 9.72 Å². The third kappa shape index (κ3) is 3.78. The van der Waals surface area contributed by atoms with Crippen molar-refractivity contribution in [2.24, 2.45) is 0 Å². The van der Waals surface area contributed by atoms with E-state index in [1.807, 2.05) is 0 Å². The Morgan fingerprint density at radius 1 is 1.18 bits per heavy atom. The summed E-state index contributed by atoms with van der Waals surface area (Å²) in [4.78, 5) is 3.03. The Kier molecular flexibility index (Phi) is 3.64. The maximum atomic E-state index is 12.3. The summed E-state index contributed by atoms with van der Waals surface area (Å²) in [5.41, 5.74) is -1.64. The smallest absolute Gasteiger partial charge is 0.505 e. The van der Waals surface area contributed by atoms with Gasteiger partial charge in [0.15, 0.2) is 5.75 Å². The van der Waals surface area contributed by atoms with Crippen LogP contribution < -0.4 is 4.74 Å². The van der Waals surface area contributed by atoms with Gasteiger partial charge in [0.2, 0.25) is 5.88 Å². The van der Waals surface area contributed by atoms with Crippen molar-refractivity contribution >= 4 is 22.6 Å². The second-order valence-corrected chi connectivity index (χ2v) is 3.71. The SMILES string of the molecule is Oc1c(C(F)(F)F)cc(OC(F)(F)F)nc1I. The molecule has 3 nitrogen and oxygen atoms in total. The first-order valence-electron chi connectivity index (χ1n) is 3.73. The van der Waals surface area contributed by atoms with Crippen LogP contribution in [0, 0.1) is 3.70 Å². The first-order valence-corrected chi connectivity index (χ1v) is 4.81. The van der Waals surface area contributed by atoms with Gasteiger partial charge in [0, 0.05) is 6.07 Å². The molecule has 10 heteroatoms. The summed E-state index contributed by atoms with van der Waals surface area (Å²) in [5.74, 6) is -2.53. The molecule has 0 aromatic carbocycles. The van der Waals surface area contributed by atoms with E-state index in [0.717, 1.165) is 22.6 Å². The number of aromatic hydroxyl groups is 1. The molecular formula is C7H2F6INO2. The van der Waals surface area contributed by atoms with Crippen molar-refractivity contribution in [1.29, 1.82) is 0 Å². The molecule has 1 aromatic heterocycles. The highest BCUT2D eigenvalue weighted by atomic mass is 127. The van der Waals surface area contributed by atoms with Gasteiger partial charge in [-0.15, -0.1) is 13.2 Å². The highest BCUT2D eigenvalue weighted by Crippen LogP contribution is 2.39. The average molecular weight is 373 g/mol. The molecule has 0 bridgehead atoms. The number of nitrogens with zero attached hydrogens (tertiary/aromatic N) is 1. The molecule has 0 aliphatic heterocycles. The molecule has 1 heterocycles. The number of aromatic nitrogens is 1. The molecule has 1 aromatic rings. The Morgan fingerprint density at radius 2 is 1.71 bits per heavy atom. The monoisotopic (exact) mass is 373 g/mol. The predicted molar refractivity (Wildman–Crippen MR) is 50.3 cm³/mol. The number of alkyl halides is 6. The number of hydrogen-bond donors (Lipinski definition) is 1. The quantitative estimate of drug-likeness (QED) is 0.467. The van der Waals surface area contributed by atoms with Crippen LogP contribution in [0.1, 0.15) is 5.56 Å². The maximum Gasteiger partial charge on any atom is 0.574 e. The van der Waals surface area contributed by atoms with Crippen molar-refractivity contribution in [1.82, 2.24) is 4.98 Å². The van der Waals surface area contributed by atoms with E-state index < -0.39 is 33.4 Å². The number of rotatable bonds is 1. The van der Waals surface area contributed by atoms with Crippen molar-refractivity contribution in [2.45, 2.75) is 12.5 Å². The molecule has 0 spiro atoms. The van der Waals surface area contributed by atoms with Gasteiger partial charge in [0.1, 0.15) is 9.26 Å². The molecule has 1 N–H and O–H groups in total. The van der Waals surface area contributed by atoms with Crippen LogP contribution in [-0.2, 0) is 6.18 Å². The fourth-order valence-corrected chi connectivity index (χ4v) is 1.40. The standard InChI is InChI=1S/C7H2F6INO2/c8-6(9,10)2-1-3(17-7(11,12)13)15-5(14)4(2)16/h1,16H. The minimum Gasteiger partial charge on any atom is -0.505 e. The summed E-state index contributed by atoms with van der Waals surface area (Å²) in [6, 6.07) is -0.0228. The van der Waals surface area contributed by atoms with Crippen molar-refractivity contribution in [3.8, 4) is 11.6 Å². The molecule has 96 valence electrons. The lowest BCUT2D eigenvalue weighted by Gasteiger charge is -2.13. The van der Waals surface area contributed by atoms with Gasteiger partial charge in [0.25, 0.3) is 0 Å². The van der Waals surface area contributed by atoms with Crippen LogP contribution in [0.2, 0.25) is 0 Å². The van der Waals surface area contributed by atoms with Gasteiger partial charge in [-0.1, -0.05) is 0 Å². The molecule has 0 atom stereocenters. The third-order valence-electron chi connectivity index (χ3n) is 1.45. The minimum atomic E-state index is -5.16. The molecule has 0 aliphatic rings. The van der Waals surface area contributed by atoms with Gasteiger partial charge in [-0.05, 0) is 22.6 Å². The number of halogens is 7. The summed E-state index contributed by atoms with van der Waals surface area (Å²) in [7, 11) is 0. The Bertz CT molecular complexity index is 430. The summed E-state index contributed by atoms with van der Waals surface area (Å²) in [6.45, 7) is 0. The fraction of sp³-hybridized carbons (Fsp3) is 0.286. The summed E-state index contributed by atoms with van der Waals surface area (Å²) >= 11 is 1.16. The lowest BCUT2D eigenvalue weighted by Crippen LogP contribution is -2.19.